The molecule has 0 saturated carbocycles. The zero-order valence-corrected chi connectivity index (χ0v) is 12.0. The summed E-state index contributed by atoms with van der Waals surface area (Å²) in [6, 6.07) is 6.24. The highest BCUT2D eigenvalue weighted by atomic mass is 32.2. The van der Waals surface area contributed by atoms with Gasteiger partial charge in [0.05, 0.1) is 12.5 Å². The lowest BCUT2D eigenvalue weighted by molar-refractivity contribution is -0.119. The fraction of sp³-hybridized carbons (Fsp3) is 0.167. The maximum Gasteiger partial charge on any atom is 0.278 e. The van der Waals surface area contributed by atoms with Crippen molar-refractivity contribution < 1.29 is 17.9 Å². The highest BCUT2D eigenvalue weighted by Gasteiger charge is 2.15. The zero-order chi connectivity index (χ0) is 15.3. The number of carbonyl (C=O) groups excluding carboxylic acids is 1. The van der Waals surface area contributed by atoms with Crippen molar-refractivity contribution in [1.29, 1.82) is 0 Å². The Morgan fingerprint density at radius 1 is 1.29 bits per heavy atom. The highest BCUT2D eigenvalue weighted by molar-refractivity contribution is 7.92. The van der Waals surface area contributed by atoms with Crippen LogP contribution in [0.2, 0.25) is 0 Å². The maximum absolute atomic E-state index is 11.9. The second-order valence-electron chi connectivity index (χ2n) is 4.08. The van der Waals surface area contributed by atoms with Crippen molar-refractivity contribution in [3.63, 3.8) is 0 Å². The summed E-state index contributed by atoms with van der Waals surface area (Å²) >= 11 is 0. The average Bonchev–Trinajstić information content (AvgIpc) is 2.96. The zero-order valence-electron chi connectivity index (χ0n) is 11.2. The Bertz CT molecular complexity index is 695. The molecular formula is C12H14N4O4S. The Hall–Kier alpha value is -2.39. The SMILES string of the molecule is COCC(=O)Nc1ccc(NS(=O)(=O)c2cnc[nH]2)cc1. The van der Waals surface area contributed by atoms with Crippen LogP contribution in [-0.4, -0.2) is 38.0 Å². The van der Waals surface area contributed by atoms with Crippen LogP contribution >= 0.6 is 0 Å². The summed E-state index contributed by atoms with van der Waals surface area (Å²) < 4.78 is 31.0. The number of nitrogens with one attached hydrogen (secondary N) is 3. The van der Waals surface area contributed by atoms with Crippen LogP contribution in [0.1, 0.15) is 0 Å². The Morgan fingerprint density at radius 2 is 1.95 bits per heavy atom. The molecule has 0 fully saturated rings. The second-order valence-corrected chi connectivity index (χ2v) is 5.73. The number of sulfonamides is 1. The van der Waals surface area contributed by atoms with Gasteiger partial charge < -0.3 is 15.0 Å². The normalized spacial score (nSPS) is 11.1. The van der Waals surface area contributed by atoms with E-state index in [1.807, 2.05) is 0 Å². The number of hydrogen-bond donors (Lipinski definition) is 3. The van der Waals surface area contributed by atoms with E-state index in [-0.39, 0.29) is 17.5 Å². The number of ether oxygens (including phenoxy) is 1. The van der Waals surface area contributed by atoms with Crippen molar-refractivity contribution in [3.8, 4) is 0 Å². The number of carbonyl (C=O) groups is 1. The van der Waals surface area contributed by atoms with E-state index in [0.717, 1.165) is 0 Å². The molecule has 2 aromatic rings. The summed E-state index contributed by atoms with van der Waals surface area (Å²) in [5.74, 6) is -0.289. The molecule has 2 rings (SSSR count). The number of anilines is 2. The number of rotatable bonds is 6. The molecule has 1 aromatic heterocycles. The number of aromatic amines is 1. The molecule has 0 spiro atoms. The van der Waals surface area contributed by atoms with Gasteiger partial charge in [-0.05, 0) is 24.3 Å². The van der Waals surface area contributed by atoms with Crippen LogP contribution in [0, 0.1) is 0 Å². The lowest BCUT2D eigenvalue weighted by Crippen LogP contribution is -2.17. The predicted molar refractivity (Wildman–Crippen MR) is 76.3 cm³/mol. The van der Waals surface area contributed by atoms with E-state index in [1.54, 1.807) is 12.1 Å². The molecule has 0 radical (unpaired) electrons. The van der Waals surface area contributed by atoms with Gasteiger partial charge in [0, 0.05) is 18.5 Å². The van der Waals surface area contributed by atoms with Crippen LogP contribution in [-0.2, 0) is 19.6 Å². The Morgan fingerprint density at radius 3 is 2.52 bits per heavy atom. The minimum Gasteiger partial charge on any atom is -0.375 e. The van der Waals surface area contributed by atoms with Crippen molar-refractivity contribution >= 4 is 27.3 Å². The summed E-state index contributed by atoms with van der Waals surface area (Å²) in [6.07, 6.45) is 2.49. The fourth-order valence-corrected chi connectivity index (χ4v) is 2.51. The van der Waals surface area contributed by atoms with Crippen molar-refractivity contribution in [3.05, 3.63) is 36.8 Å². The summed E-state index contributed by atoms with van der Waals surface area (Å²) in [5.41, 5.74) is 0.913. The van der Waals surface area contributed by atoms with Gasteiger partial charge in [-0.2, -0.15) is 8.42 Å². The maximum atomic E-state index is 11.9. The Kier molecular flexibility index (Phi) is 4.55. The molecule has 1 heterocycles. The topological polar surface area (TPSA) is 113 Å². The monoisotopic (exact) mass is 310 g/mol. The van der Waals surface area contributed by atoms with Gasteiger partial charge in [0.2, 0.25) is 5.91 Å². The number of methoxy groups -OCH3 is 1. The highest BCUT2D eigenvalue weighted by Crippen LogP contribution is 2.17. The molecule has 9 heteroatoms. The van der Waals surface area contributed by atoms with Crippen LogP contribution in [0.3, 0.4) is 0 Å². The van der Waals surface area contributed by atoms with E-state index in [2.05, 4.69) is 20.0 Å². The molecule has 0 aliphatic rings. The second kappa shape index (κ2) is 6.37. The third kappa shape index (κ3) is 4.04. The molecule has 0 atom stereocenters. The largest absolute Gasteiger partial charge is 0.375 e. The molecule has 1 aromatic carbocycles. The van der Waals surface area contributed by atoms with Gasteiger partial charge >= 0.3 is 0 Å². The number of hydrogen-bond acceptors (Lipinski definition) is 5. The van der Waals surface area contributed by atoms with Gasteiger partial charge in [0.1, 0.15) is 6.61 Å². The molecule has 0 aliphatic heterocycles. The summed E-state index contributed by atoms with van der Waals surface area (Å²) in [5, 5.41) is 2.58. The van der Waals surface area contributed by atoms with Crippen molar-refractivity contribution in [1.82, 2.24) is 9.97 Å². The van der Waals surface area contributed by atoms with Gasteiger partial charge in [-0.1, -0.05) is 0 Å². The Balaban J connectivity index is 2.04. The summed E-state index contributed by atoms with van der Waals surface area (Å²) in [4.78, 5) is 17.5. The van der Waals surface area contributed by atoms with E-state index in [9.17, 15) is 13.2 Å². The summed E-state index contributed by atoms with van der Waals surface area (Å²) in [7, 11) is -2.27. The minimum atomic E-state index is -3.69. The van der Waals surface area contributed by atoms with Gasteiger partial charge in [-0.15, -0.1) is 0 Å². The third-order valence-electron chi connectivity index (χ3n) is 2.46. The number of aromatic nitrogens is 2. The first kappa shape index (κ1) is 15.0. The molecule has 0 aliphatic carbocycles. The van der Waals surface area contributed by atoms with Crippen LogP contribution in [0.15, 0.2) is 41.8 Å². The molecule has 21 heavy (non-hydrogen) atoms. The van der Waals surface area contributed by atoms with Crippen LogP contribution in [0.25, 0.3) is 0 Å². The van der Waals surface area contributed by atoms with Gasteiger partial charge in [-0.25, -0.2) is 4.98 Å². The smallest absolute Gasteiger partial charge is 0.278 e. The lowest BCUT2D eigenvalue weighted by Gasteiger charge is -2.08. The molecule has 1 amide bonds. The predicted octanol–water partition coefficient (Wildman–Crippen LogP) is 0.795. The van der Waals surface area contributed by atoms with Crippen LogP contribution in [0.4, 0.5) is 11.4 Å². The molecule has 0 bridgehead atoms. The molecule has 0 unspecified atom stereocenters. The molecule has 112 valence electrons. The van der Waals surface area contributed by atoms with Crippen LogP contribution < -0.4 is 10.0 Å². The van der Waals surface area contributed by atoms with Gasteiger partial charge in [0.15, 0.2) is 5.03 Å². The minimum absolute atomic E-state index is 0.0278. The first-order valence-corrected chi connectivity index (χ1v) is 7.39. The van der Waals surface area contributed by atoms with E-state index in [0.29, 0.717) is 11.4 Å². The van der Waals surface area contributed by atoms with Crippen molar-refractivity contribution in [2.45, 2.75) is 5.03 Å². The van der Waals surface area contributed by atoms with Crippen molar-refractivity contribution in [2.75, 3.05) is 23.8 Å². The van der Waals surface area contributed by atoms with Crippen molar-refractivity contribution in [2.24, 2.45) is 0 Å². The number of nitrogens with zero attached hydrogens (tertiary/aromatic N) is 1. The van der Waals surface area contributed by atoms with Crippen LogP contribution in [0.5, 0.6) is 0 Å². The quantitative estimate of drug-likeness (QED) is 0.730. The molecule has 0 saturated heterocycles. The lowest BCUT2D eigenvalue weighted by atomic mass is 10.3. The molecule has 3 N–H and O–H groups in total. The van der Waals surface area contributed by atoms with E-state index in [4.69, 9.17) is 4.74 Å². The van der Waals surface area contributed by atoms with E-state index >= 15 is 0 Å². The molecule has 8 nitrogen and oxygen atoms in total. The number of amides is 1. The van der Waals surface area contributed by atoms with E-state index in [1.165, 1.54) is 31.8 Å². The number of imidazole rings is 1. The first-order chi connectivity index (χ1) is 10.0. The van der Waals surface area contributed by atoms with E-state index < -0.39 is 10.0 Å². The molecular weight excluding hydrogens is 296 g/mol. The van der Waals surface area contributed by atoms with Gasteiger partial charge in [-0.3, -0.25) is 9.52 Å². The standard InChI is InChI=1S/C12H14N4O4S/c1-20-7-11(17)15-9-2-4-10(5-3-9)16-21(18,19)12-6-13-8-14-12/h2-6,8,16H,7H2,1H3,(H,13,14)(H,15,17). The summed E-state index contributed by atoms with van der Waals surface area (Å²) in [6.45, 7) is -0.0474. The van der Waals surface area contributed by atoms with Gasteiger partial charge in [0.25, 0.3) is 10.0 Å². The Labute approximate surface area is 121 Å². The first-order valence-electron chi connectivity index (χ1n) is 5.91. The third-order valence-corrected chi connectivity index (χ3v) is 3.77. The fourth-order valence-electron chi connectivity index (χ4n) is 1.55. The number of H-pyrrole nitrogens is 1. The average molecular weight is 310 g/mol. The number of benzene rings is 1.